The van der Waals surface area contributed by atoms with E-state index in [0.29, 0.717) is 25.3 Å². The van der Waals surface area contributed by atoms with E-state index >= 15 is 0 Å². The van der Waals surface area contributed by atoms with Crippen molar-refractivity contribution >= 4 is 22.7 Å². The Kier molecular flexibility index (Phi) is 6.27. The minimum Gasteiger partial charge on any atom is -0.491 e. The maximum Gasteiger partial charge on any atom is 0.271 e. The van der Waals surface area contributed by atoms with Gasteiger partial charge in [-0.2, -0.15) is 0 Å². The van der Waals surface area contributed by atoms with Crippen molar-refractivity contribution in [1.82, 2.24) is 14.8 Å². The van der Waals surface area contributed by atoms with Crippen molar-refractivity contribution < 1.29 is 14.3 Å². The molecule has 36 heavy (non-hydrogen) atoms. The first-order chi connectivity index (χ1) is 17.3. The highest BCUT2D eigenvalue weighted by Gasteiger charge is 2.47. The quantitative estimate of drug-likeness (QED) is 0.397. The number of ether oxygens (including phenoxy) is 1. The van der Waals surface area contributed by atoms with Gasteiger partial charge in [-0.25, -0.2) is 0 Å². The van der Waals surface area contributed by atoms with Crippen LogP contribution in [-0.2, 0) is 24.4 Å². The molecule has 0 aliphatic carbocycles. The topological polar surface area (TPSA) is 63.6 Å². The lowest BCUT2D eigenvalue weighted by atomic mass is 9.93. The summed E-state index contributed by atoms with van der Waals surface area (Å²) in [5, 5.41) is 4.07. The molecule has 0 saturated heterocycles. The Labute approximate surface area is 211 Å². The summed E-state index contributed by atoms with van der Waals surface area (Å²) in [6.07, 6.45) is 0.0815. The van der Waals surface area contributed by atoms with Crippen molar-refractivity contribution in [3.63, 3.8) is 0 Å². The maximum absolute atomic E-state index is 13.9. The van der Waals surface area contributed by atoms with Crippen LogP contribution in [0.15, 0.2) is 84.9 Å². The molecule has 0 fully saturated rings. The van der Waals surface area contributed by atoms with Crippen molar-refractivity contribution in [2.75, 3.05) is 0 Å². The van der Waals surface area contributed by atoms with Crippen molar-refractivity contribution in [2.45, 2.75) is 52.0 Å². The molecule has 6 heteroatoms. The molecule has 2 amide bonds. The molecule has 1 atom stereocenters. The molecular formula is C30H31N3O3. The van der Waals surface area contributed by atoms with Crippen molar-refractivity contribution in [2.24, 2.45) is 0 Å². The Balaban J connectivity index is 1.49. The zero-order chi connectivity index (χ0) is 25.3. The molecule has 0 saturated carbocycles. The van der Waals surface area contributed by atoms with Crippen LogP contribution < -0.4 is 10.1 Å². The van der Waals surface area contributed by atoms with Gasteiger partial charge in [0, 0.05) is 24.0 Å². The van der Waals surface area contributed by atoms with Crippen LogP contribution in [0, 0.1) is 0 Å². The highest BCUT2D eigenvalue weighted by Crippen LogP contribution is 2.33. The molecule has 3 aromatic carbocycles. The summed E-state index contributed by atoms with van der Waals surface area (Å²) in [5.74, 6) is 0.447. The highest BCUT2D eigenvalue weighted by atomic mass is 16.5. The number of amides is 2. The Morgan fingerprint density at radius 1 is 0.972 bits per heavy atom. The minimum atomic E-state index is -1.08. The normalized spacial score (nSPS) is 17.3. The summed E-state index contributed by atoms with van der Waals surface area (Å²) >= 11 is 0. The third-order valence-electron chi connectivity index (χ3n) is 6.76. The number of fused-ring (bicyclic) bond motifs is 3. The van der Waals surface area contributed by atoms with E-state index in [1.165, 1.54) is 0 Å². The second kappa shape index (κ2) is 9.53. The number of aromatic nitrogens is 1. The standard InChI is InChI=1S/C30H31N3O3/c1-21(2)36-25-15-13-23(14-16-25)19-33-28(34)27-17-24-11-7-8-12-26(24)32(27)20-30(33,3)29(35)31-18-22-9-5-4-6-10-22/h4-17,21H,18-20H2,1-3H3,(H,31,35). The molecule has 1 aromatic heterocycles. The van der Waals surface area contributed by atoms with Gasteiger partial charge in [0.25, 0.3) is 5.91 Å². The second-order valence-corrected chi connectivity index (χ2v) is 9.82. The number of hydrogen-bond acceptors (Lipinski definition) is 3. The molecule has 1 aliphatic heterocycles. The van der Waals surface area contributed by atoms with Gasteiger partial charge in [0.05, 0.1) is 12.6 Å². The first-order valence-electron chi connectivity index (χ1n) is 12.3. The molecule has 5 rings (SSSR count). The van der Waals surface area contributed by atoms with Crippen molar-refractivity contribution in [3.05, 3.63) is 102 Å². The average molecular weight is 482 g/mol. The minimum absolute atomic E-state index is 0.0815. The molecule has 0 spiro atoms. The Morgan fingerprint density at radius 2 is 1.67 bits per heavy atom. The Morgan fingerprint density at radius 3 is 2.39 bits per heavy atom. The van der Waals surface area contributed by atoms with E-state index in [4.69, 9.17) is 4.74 Å². The monoisotopic (exact) mass is 481 g/mol. The van der Waals surface area contributed by atoms with Gasteiger partial charge >= 0.3 is 0 Å². The molecule has 4 aromatic rings. The lowest BCUT2D eigenvalue weighted by Gasteiger charge is -2.44. The van der Waals surface area contributed by atoms with Crippen LogP contribution in [0.3, 0.4) is 0 Å². The molecule has 1 N–H and O–H groups in total. The van der Waals surface area contributed by atoms with E-state index < -0.39 is 5.54 Å². The van der Waals surface area contributed by atoms with Gasteiger partial charge in [-0.3, -0.25) is 9.59 Å². The summed E-state index contributed by atoms with van der Waals surface area (Å²) in [7, 11) is 0. The van der Waals surface area contributed by atoms with E-state index in [0.717, 1.165) is 27.8 Å². The van der Waals surface area contributed by atoms with Gasteiger partial charge in [0.1, 0.15) is 17.0 Å². The van der Waals surface area contributed by atoms with E-state index in [1.807, 2.05) is 110 Å². The summed E-state index contributed by atoms with van der Waals surface area (Å²) in [4.78, 5) is 29.4. The van der Waals surface area contributed by atoms with Gasteiger partial charge in [-0.05, 0) is 56.2 Å². The van der Waals surface area contributed by atoms with Gasteiger partial charge in [-0.15, -0.1) is 0 Å². The number of carbonyl (C=O) groups excluding carboxylic acids is 2. The van der Waals surface area contributed by atoms with Gasteiger partial charge < -0.3 is 19.5 Å². The largest absolute Gasteiger partial charge is 0.491 e. The average Bonchev–Trinajstić information content (AvgIpc) is 3.25. The molecule has 1 aliphatic rings. The van der Waals surface area contributed by atoms with Crippen LogP contribution in [0.4, 0.5) is 0 Å². The zero-order valence-corrected chi connectivity index (χ0v) is 20.9. The molecule has 184 valence electrons. The number of benzene rings is 3. The number of nitrogens with one attached hydrogen (secondary N) is 1. The van der Waals surface area contributed by atoms with Gasteiger partial charge in [0.15, 0.2) is 0 Å². The summed E-state index contributed by atoms with van der Waals surface area (Å²) < 4.78 is 7.75. The lowest BCUT2D eigenvalue weighted by molar-refractivity contribution is -0.133. The smallest absolute Gasteiger partial charge is 0.271 e. The van der Waals surface area contributed by atoms with E-state index in [-0.39, 0.29) is 17.9 Å². The first kappa shape index (κ1) is 23.7. The number of hydrogen-bond donors (Lipinski definition) is 1. The predicted octanol–water partition coefficient (Wildman–Crippen LogP) is 5.16. The number of nitrogens with zero attached hydrogens (tertiary/aromatic N) is 2. The zero-order valence-electron chi connectivity index (χ0n) is 20.9. The van der Waals surface area contributed by atoms with Crippen LogP contribution in [0.5, 0.6) is 5.75 Å². The third kappa shape index (κ3) is 4.47. The third-order valence-corrected chi connectivity index (χ3v) is 6.76. The van der Waals surface area contributed by atoms with Crippen LogP contribution in [0.25, 0.3) is 10.9 Å². The summed E-state index contributed by atoms with van der Waals surface area (Å²) in [6, 6.07) is 27.4. The lowest BCUT2D eigenvalue weighted by Crippen LogP contribution is -2.63. The molecule has 0 bridgehead atoms. The Bertz CT molecular complexity index is 1390. The summed E-state index contributed by atoms with van der Waals surface area (Å²) in [6.45, 7) is 6.92. The summed E-state index contributed by atoms with van der Waals surface area (Å²) in [5.41, 5.74) is 2.43. The molecule has 0 radical (unpaired) electrons. The fraction of sp³-hybridized carbons (Fsp3) is 0.267. The molecule has 2 heterocycles. The van der Waals surface area contributed by atoms with Crippen molar-refractivity contribution in [3.8, 4) is 5.75 Å². The van der Waals surface area contributed by atoms with Crippen molar-refractivity contribution in [1.29, 1.82) is 0 Å². The predicted molar refractivity (Wildman–Crippen MR) is 141 cm³/mol. The van der Waals surface area contributed by atoms with Crippen LogP contribution >= 0.6 is 0 Å². The van der Waals surface area contributed by atoms with E-state index in [2.05, 4.69) is 5.32 Å². The molecule has 6 nitrogen and oxygen atoms in total. The van der Waals surface area contributed by atoms with Gasteiger partial charge in [0.2, 0.25) is 5.91 Å². The Hall–Kier alpha value is -4.06. The number of carbonyl (C=O) groups is 2. The molecular weight excluding hydrogens is 450 g/mol. The fourth-order valence-corrected chi connectivity index (χ4v) is 4.85. The highest BCUT2D eigenvalue weighted by molar-refractivity contribution is 6.03. The first-order valence-corrected chi connectivity index (χ1v) is 12.3. The van der Waals surface area contributed by atoms with Gasteiger partial charge in [-0.1, -0.05) is 60.7 Å². The maximum atomic E-state index is 13.9. The number of para-hydroxylation sites is 1. The fourth-order valence-electron chi connectivity index (χ4n) is 4.85. The van der Waals surface area contributed by atoms with E-state index in [1.54, 1.807) is 4.90 Å². The second-order valence-electron chi connectivity index (χ2n) is 9.82. The van der Waals surface area contributed by atoms with E-state index in [9.17, 15) is 9.59 Å². The van der Waals surface area contributed by atoms with Crippen LogP contribution in [0.1, 0.15) is 42.4 Å². The molecule has 1 unspecified atom stereocenters. The SMILES string of the molecule is CC(C)Oc1ccc(CN2C(=O)c3cc4ccccc4n3CC2(C)C(=O)NCc2ccccc2)cc1. The number of rotatable bonds is 7. The van der Waals surface area contributed by atoms with Crippen LogP contribution in [0.2, 0.25) is 0 Å². The van der Waals surface area contributed by atoms with Crippen LogP contribution in [-0.4, -0.2) is 32.9 Å².